The zero-order valence-corrected chi connectivity index (χ0v) is 9.30. The lowest BCUT2D eigenvalue weighted by atomic mass is 10.2. The molecular formula is C13H15N3. The number of hydrogen-bond acceptors (Lipinski definition) is 3. The van der Waals surface area contributed by atoms with Crippen molar-refractivity contribution in [1.29, 1.82) is 0 Å². The lowest BCUT2D eigenvalue weighted by Crippen LogP contribution is -2.17. The van der Waals surface area contributed by atoms with Crippen molar-refractivity contribution in [1.82, 2.24) is 4.98 Å². The largest absolute Gasteiger partial charge is 0.399 e. The molecule has 2 rings (SSSR count). The van der Waals surface area contributed by atoms with Crippen molar-refractivity contribution < 1.29 is 0 Å². The van der Waals surface area contributed by atoms with Crippen LogP contribution in [-0.4, -0.2) is 12.0 Å². The summed E-state index contributed by atoms with van der Waals surface area (Å²) in [5, 5.41) is 0. The number of rotatable bonds is 3. The number of hydrogen-bond donors (Lipinski definition) is 1. The molecule has 0 saturated carbocycles. The first kappa shape index (κ1) is 10.5. The summed E-state index contributed by atoms with van der Waals surface area (Å²) in [6, 6.07) is 13.8. The molecule has 0 amide bonds. The minimum absolute atomic E-state index is 0.796. The van der Waals surface area contributed by atoms with E-state index in [1.165, 1.54) is 5.56 Å². The van der Waals surface area contributed by atoms with Crippen molar-refractivity contribution in [3.63, 3.8) is 0 Å². The monoisotopic (exact) mass is 213 g/mol. The predicted octanol–water partition coefficient (Wildman–Crippen LogP) is 2.30. The zero-order chi connectivity index (χ0) is 11.4. The van der Waals surface area contributed by atoms with Gasteiger partial charge in [0.15, 0.2) is 0 Å². The molecule has 3 heteroatoms. The van der Waals surface area contributed by atoms with Gasteiger partial charge in [-0.1, -0.05) is 18.2 Å². The van der Waals surface area contributed by atoms with Gasteiger partial charge in [-0.05, 0) is 29.8 Å². The highest BCUT2D eigenvalue weighted by atomic mass is 15.2. The van der Waals surface area contributed by atoms with Gasteiger partial charge in [-0.15, -0.1) is 0 Å². The predicted molar refractivity (Wildman–Crippen MR) is 67.2 cm³/mol. The Morgan fingerprint density at radius 1 is 1.12 bits per heavy atom. The topological polar surface area (TPSA) is 42.1 Å². The van der Waals surface area contributed by atoms with Crippen LogP contribution in [0, 0.1) is 0 Å². The lowest BCUT2D eigenvalue weighted by molar-refractivity contribution is 0.898. The minimum atomic E-state index is 0.796. The molecule has 2 aromatic rings. The van der Waals surface area contributed by atoms with Crippen molar-refractivity contribution in [3.8, 4) is 0 Å². The fraction of sp³-hybridized carbons (Fsp3) is 0.154. The molecule has 0 fully saturated rings. The average molecular weight is 213 g/mol. The second-order valence-corrected chi connectivity index (χ2v) is 3.79. The lowest BCUT2D eigenvalue weighted by Gasteiger charge is -2.17. The van der Waals surface area contributed by atoms with Crippen molar-refractivity contribution in [2.45, 2.75) is 6.54 Å². The summed E-state index contributed by atoms with van der Waals surface area (Å²) in [5.41, 5.74) is 7.66. The minimum Gasteiger partial charge on any atom is -0.399 e. The Kier molecular flexibility index (Phi) is 3.05. The molecule has 0 saturated heterocycles. The number of nitrogen functional groups attached to an aromatic ring is 1. The first-order chi connectivity index (χ1) is 7.75. The van der Waals surface area contributed by atoms with Crippen LogP contribution in [-0.2, 0) is 6.54 Å². The van der Waals surface area contributed by atoms with E-state index in [1.807, 2.05) is 49.5 Å². The Balaban J connectivity index is 2.08. The Morgan fingerprint density at radius 3 is 2.50 bits per heavy atom. The van der Waals surface area contributed by atoms with Crippen molar-refractivity contribution in [2.24, 2.45) is 0 Å². The maximum Gasteiger partial charge on any atom is 0.128 e. The van der Waals surface area contributed by atoms with E-state index in [9.17, 15) is 0 Å². The molecule has 0 bridgehead atoms. The zero-order valence-electron chi connectivity index (χ0n) is 9.30. The molecule has 0 radical (unpaired) electrons. The normalized spacial score (nSPS) is 10.1. The maximum absolute atomic E-state index is 5.64. The van der Waals surface area contributed by atoms with Crippen LogP contribution in [0.1, 0.15) is 5.56 Å². The molecular weight excluding hydrogens is 198 g/mol. The molecule has 0 spiro atoms. The van der Waals surface area contributed by atoms with Gasteiger partial charge in [0.05, 0.1) is 0 Å². The molecule has 2 N–H and O–H groups in total. The van der Waals surface area contributed by atoms with Gasteiger partial charge in [0.1, 0.15) is 5.82 Å². The van der Waals surface area contributed by atoms with Gasteiger partial charge >= 0.3 is 0 Å². The van der Waals surface area contributed by atoms with E-state index in [0.29, 0.717) is 0 Å². The molecule has 0 aliphatic carbocycles. The summed E-state index contributed by atoms with van der Waals surface area (Å²) < 4.78 is 0. The summed E-state index contributed by atoms with van der Waals surface area (Å²) in [7, 11) is 2.03. The molecule has 82 valence electrons. The number of benzene rings is 1. The summed E-state index contributed by atoms with van der Waals surface area (Å²) in [6.07, 6.45) is 1.80. The maximum atomic E-state index is 5.64. The number of anilines is 2. The third-order valence-corrected chi connectivity index (χ3v) is 2.44. The Morgan fingerprint density at radius 2 is 1.88 bits per heavy atom. The van der Waals surface area contributed by atoms with Crippen LogP contribution in [0.15, 0.2) is 48.7 Å². The molecule has 3 nitrogen and oxygen atoms in total. The highest BCUT2D eigenvalue weighted by Gasteiger charge is 2.01. The van der Waals surface area contributed by atoms with Crippen molar-refractivity contribution >= 4 is 11.5 Å². The first-order valence-electron chi connectivity index (χ1n) is 5.22. The van der Waals surface area contributed by atoms with E-state index < -0.39 is 0 Å². The van der Waals surface area contributed by atoms with Gasteiger partial charge in [0, 0.05) is 25.5 Å². The van der Waals surface area contributed by atoms with Gasteiger partial charge in [-0.2, -0.15) is 0 Å². The van der Waals surface area contributed by atoms with Crippen LogP contribution < -0.4 is 10.6 Å². The van der Waals surface area contributed by atoms with Crippen molar-refractivity contribution in [2.75, 3.05) is 17.7 Å². The summed E-state index contributed by atoms with van der Waals surface area (Å²) in [4.78, 5) is 6.40. The standard InChI is InChI=1S/C13H15N3/c1-16(13-4-2-3-9-15-13)10-11-5-7-12(14)8-6-11/h2-9H,10,14H2,1H3. The second kappa shape index (κ2) is 4.66. The number of nitrogens with zero attached hydrogens (tertiary/aromatic N) is 2. The Bertz CT molecular complexity index is 436. The van der Waals surface area contributed by atoms with Crippen LogP contribution in [0.2, 0.25) is 0 Å². The molecule has 0 aliphatic heterocycles. The summed E-state index contributed by atoms with van der Waals surface area (Å²) in [6.45, 7) is 0.831. The van der Waals surface area contributed by atoms with E-state index in [4.69, 9.17) is 5.73 Å². The molecule has 0 aliphatic rings. The van der Waals surface area contributed by atoms with Gasteiger partial charge in [0.25, 0.3) is 0 Å². The molecule has 0 atom stereocenters. The van der Waals surface area contributed by atoms with Crippen LogP contribution in [0.5, 0.6) is 0 Å². The average Bonchev–Trinajstić information content (AvgIpc) is 2.33. The van der Waals surface area contributed by atoms with E-state index in [2.05, 4.69) is 9.88 Å². The van der Waals surface area contributed by atoms with Crippen LogP contribution >= 0.6 is 0 Å². The van der Waals surface area contributed by atoms with E-state index in [-0.39, 0.29) is 0 Å². The van der Waals surface area contributed by atoms with E-state index in [1.54, 1.807) is 6.20 Å². The quantitative estimate of drug-likeness (QED) is 0.795. The summed E-state index contributed by atoms with van der Waals surface area (Å²) >= 11 is 0. The second-order valence-electron chi connectivity index (χ2n) is 3.79. The number of nitrogens with two attached hydrogens (primary N) is 1. The summed E-state index contributed by atoms with van der Waals surface area (Å²) in [5.74, 6) is 0.972. The molecule has 1 aromatic carbocycles. The number of aromatic nitrogens is 1. The fourth-order valence-electron chi connectivity index (χ4n) is 1.56. The van der Waals surface area contributed by atoms with Crippen LogP contribution in [0.4, 0.5) is 11.5 Å². The van der Waals surface area contributed by atoms with Gasteiger partial charge < -0.3 is 10.6 Å². The van der Waals surface area contributed by atoms with Gasteiger partial charge in [-0.3, -0.25) is 0 Å². The third-order valence-electron chi connectivity index (χ3n) is 2.44. The fourth-order valence-corrected chi connectivity index (χ4v) is 1.56. The smallest absolute Gasteiger partial charge is 0.128 e. The van der Waals surface area contributed by atoms with Crippen LogP contribution in [0.25, 0.3) is 0 Å². The number of pyridine rings is 1. The van der Waals surface area contributed by atoms with Gasteiger partial charge in [0.2, 0.25) is 0 Å². The molecule has 1 heterocycles. The van der Waals surface area contributed by atoms with E-state index in [0.717, 1.165) is 18.1 Å². The third kappa shape index (κ3) is 2.51. The Labute approximate surface area is 95.5 Å². The first-order valence-corrected chi connectivity index (χ1v) is 5.22. The Hall–Kier alpha value is -2.03. The van der Waals surface area contributed by atoms with Crippen LogP contribution in [0.3, 0.4) is 0 Å². The molecule has 0 unspecified atom stereocenters. The SMILES string of the molecule is CN(Cc1ccc(N)cc1)c1ccccn1. The van der Waals surface area contributed by atoms with E-state index >= 15 is 0 Å². The van der Waals surface area contributed by atoms with Gasteiger partial charge in [-0.25, -0.2) is 4.98 Å². The molecule has 1 aromatic heterocycles. The molecule has 16 heavy (non-hydrogen) atoms. The highest BCUT2D eigenvalue weighted by molar-refractivity contribution is 5.42. The highest BCUT2D eigenvalue weighted by Crippen LogP contribution is 2.12. The van der Waals surface area contributed by atoms with Crippen molar-refractivity contribution in [3.05, 3.63) is 54.2 Å².